The molecule has 192 valence electrons. The van der Waals surface area contributed by atoms with Crippen LogP contribution in [0.3, 0.4) is 0 Å². The van der Waals surface area contributed by atoms with Crippen molar-refractivity contribution in [3.05, 3.63) is 105 Å². The number of rotatable bonds is 11. The molecule has 0 bridgehead atoms. The number of aromatic nitrogens is 3. The van der Waals surface area contributed by atoms with E-state index in [-0.39, 0.29) is 17.3 Å². The van der Waals surface area contributed by atoms with E-state index in [9.17, 15) is 14.5 Å². The van der Waals surface area contributed by atoms with E-state index in [0.717, 1.165) is 5.56 Å². The topological polar surface area (TPSA) is 92.3 Å². The van der Waals surface area contributed by atoms with Crippen LogP contribution in [0.2, 0.25) is 5.02 Å². The van der Waals surface area contributed by atoms with E-state index in [0.29, 0.717) is 52.0 Å². The normalized spacial score (nSPS) is 11.8. The molecule has 0 N–H and O–H groups in total. The highest BCUT2D eigenvalue weighted by molar-refractivity contribution is 7.99. The first kappa shape index (κ1) is 26.4. The molecule has 1 aromatic heterocycles. The predicted octanol–water partition coefficient (Wildman–Crippen LogP) is 6.46. The first-order valence-electron chi connectivity index (χ1n) is 11.4. The van der Waals surface area contributed by atoms with Crippen molar-refractivity contribution in [2.75, 3.05) is 13.2 Å². The number of thioether (sulfide) groups is 1. The minimum Gasteiger partial charge on any atom is -0.490 e. The summed E-state index contributed by atoms with van der Waals surface area (Å²) in [7, 11) is 0. The highest BCUT2D eigenvalue weighted by Gasteiger charge is 2.25. The van der Waals surface area contributed by atoms with Crippen molar-refractivity contribution in [1.29, 1.82) is 0 Å². The van der Waals surface area contributed by atoms with Gasteiger partial charge in [0.15, 0.2) is 16.7 Å². The molecule has 0 saturated heterocycles. The Morgan fingerprint density at radius 3 is 2.46 bits per heavy atom. The van der Waals surface area contributed by atoms with Gasteiger partial charge in [0, 0.05) is 15.6 Å². The maximum absolute atomic E-state index is 13.5. The largest absolute Gasteiger partial charge is 0.490 e. The Hall–Kier alpha value is -3.63. The standard InChI is InChI=1S/C26H24ClFN4O4S/c1-3-35-24-14-19(6-13-23(24)36-16-18-4-7-20(27)8-5-18)25(15-31(33)34)37-26-30-29-17(2)32(26)22-11-9-21(28)10-12-22/h4-14,25H,3,15-16H2,1-2H3/t25-/m1/s1. The van der Waals surface area contributed by atoms with E-state index in [1.807, 2.05) is 19.1 Å². The predicted molar refractivity (Wildman–Crippen MR) is 140 cm³/mol. The van der Waals surface area contributed by atoms with Crippen LogP contribution in [0.15, 0.2) is 71.9 Å². The van der Waals surface area contributed by atoms with Gasteiger partial charge in [0.2, 0.25) is 6.54 Å². The highest BCUT2D eigenvalue weighted by atomic mass is 35.5. The number of halogens is 2. The average molecular weight is 543 g/mol. The third-order valence-electron chi connectivity index (χ3n) is 5.39. The van der Waals surface area contributed by atoms with E-state index in [1.54, 1.807) is 54.0 Å². The molecule has 0 spiro atoms. The lowest BCUT2D eigenvalue weighted by molar-refractivity contribution is -0.479. The van der Waals surface area contributed by atoms with Crippen LogP contribution in [0.1, 0.15) is 29.1 Å². The number of benzene rings is 3. The number of hydrogen-bond acceptors (Lipinski definition) is 7. The molecule has 0 saturated carbocycles. The molecule has 1 heterocycles. The molecule has 0 aliphatic carbocycles. The van der Waals surface area contributed by atoms with Gasteiger partial charge in [-0.1, -0.05) is 41.6 Å². The zero-order chi connectivity index (χ0) is 26.4. The summed E-state index contributed by atoms with van der Waals surface area (Å²) in [6, 6.07) is 18.5. The summed E-state index contributed by atoms with van der Waals surface area (Å²) < 4.78 is 27.0. The first-order chi connectivity index (χ1) is 17.8. The summed E-state index contributed by atoms with van der Waals surface area (Å²) in [5.41, 5.74) is 2.27. The molecule has 11 heteroatoms. The summed E-state index contributed by atoms with van der Waals surface area (Å²) in [5.74, 6) is 1.22. The second kappa shape index (κ2) is 12.1. The van der Waals surface area contributed by atoms with Gasteiger partial charge in [-0.15, -0.1) is 10.2 Å². The molecule has 8 nitrogen and oxygen atoms in total. The minimum atomic E-state index is -0.595. The third kappa shape index (κ3) is 6.78. The van der Waals surface area contributed by atoms with E-state index < -0.39 is 5.25 Å². The molecule has 0 aliphatic rings. The molecule has 0 aliphatic heterocycles. The summed E-state index contributed by atoms with van der Waals surface area (Å²) in [4.78, 5) is 11.2. The number of ether oxygens (including phenoxy) is 2. The molecule has 3 aromatic carbocycles. The van der Waals surface area contributed by atoms with Crippen LogP contribution >= 0.6 is 23.4 Å². The van der Waals surface area contributed by atoms with Crippen molar-refractivity contribution < 1.29 is 18.8 Å². The van der Waals surface area contributed by atoms with Gasteiger partial charge in [0.1, 0.15) is 23.5 Å². The lowest BCUT2D eigenvalue weighted by Crippen LogP contribution is -2.11. The highest BCUT2D eigenvalue weighted by Crippen LogP contribution is 2.39. The van der Waals surface area contributed by atoms with Gasteiger partial charge < -0.3 is 9.47 Å². The molecular weight excluding hydrogens is 519 g/mol. The lowest BCUT2D eigenvalue weighted by Gasteiger charge is -2.17. The van der Waals surface area contributed by atoms with Crippen LogP contribution in [0, 0.1) is 22.9 Å². The minimum absolute atomic E-state index is 0.309. The van der Waals surface area contributed by atoms with Crippen molar-refractivity contribution in [2.45, 2.75) is 30.9 Å². The molecule has 0 fully saturated rings. The van der Waals surface area contributed by atoms with Crippen molar-refractivity contribution >= 4 is 23.4 Å². The van der Waals surface area contributed by atoms with Gasteiger partial charge in [0.25, 0.3) is 0 Å². The summed E-state index contributed by atoms with van der Waals surface area (Å²) in [5, 5.41) is 20.4. The SMILES string of the molecule is CCOc1cc([C@@H](C[N+](=O)[O-])Sc2nnc(C)n2-c2ccc(F)cc2)ccc1OCc1ccc(Cl)cc1. The van der Waals surface area contributed by atoms with Gasteiger partial charge in [-0.3, -0.25) is 14.7 Å². The van der Waals surface area contributed by atoms with E-state index in [4.69, 9.17) is 21.1 Å². The second-order valence-corrected chi connectivity index (χ2v) is 9.62. The Morgan fingerprint density at radius 2 is 1.78 bits per heavy atom. The van der Waals surface area contributed by atoms with Gasteiger partial charge >= 0.3 is 0 Å². The number of hydrogen-bond donors (Lipinski definition) is 0. The van der Waals surface area contributed by atoms with Crippen molar-refractivity contribution in [3.8, 4) is 17.2 Å². The van der Waals surface area contributed by atoms with Gasteiger partial charge in [-0.25, -0.2) is 4.39 Å². The van der Waals surface area contributed by atoms with Crippen LogP contribution in [0.4, 0.5) is 4.39 Å². The molecule has 0 unspecified atom stereocenters. The molecule has 37 heavy (non-hydrogen) atoms. The van der Waals surface area contributed by atoms with E-state index >= 15 is 0 Å². The molecule has 0 radical (unpaired) electrons. The molecular formula is C26H24ClFN4O4S. The third-order valence-corrected chi connectivity index (χ3v) is 6.82. The van der Waals surface area contributed by atoms with Crippen LogP contribution in [0.5, 0.6) is 11.5 Å². The summed E-state index contributed by atoms with van der Waals surface area (Å²) in [6.07, 6.45) is 0. The fraction of sp³-hybridized carbons (Fsp3) is 0.231. The van der Waals surface area contributed by atoms with Crippen LogP contribution in [0.25, 0.3) is 5.69 Å². The first-order valence-corrected chi connectivity index (χ1v) is 12.7. The quantitative estimate of drug-likeness (QED) is 0.122. The Labute approximate surface area is 222 Å². The number of aryl methyl sites for hydroxylation is 1. The Balaban J connectivity index is 1.61. The van der Waals surface area contributed by atoms with E-state index in [1.165, 1.54) is 23.9 Å². The summed E-state index contributed by atoms with van der Waals surface area (Å²) >= 11 is 7.16. The fourth-order valence-electron chi connectivity index (χ4n) is 3.63. The zero-order valence-electron chi connectivity index (χ0n) is 20.1. The van der Waals surface area contributed by atoms with Gasteiger partial charge in [-0.05, 0) is 73.5 Å². The molecule has 0 amide bonds. The van der Waals surface area contributed by atoms with Crippen LogP contribution in [-0.4, -0.2) is 32.8 Å². The molecule has 4 aromatic rings. The molecule has 4 rings (SSSR count). The lowest BCUT2D eigenvalue weighted by atomic mass is 10.1. The number of nitrogens with zero attached hydrogens (tertiary/aromatic N) is 4. The fourth-order valence-corrected chi connectivity index (χ4v) is 4.92. The maximum Gasteiger partial charge on any atom is 0.220 e. The smallest absolute Gasteiger partial charge is 0.220 e. The Morgan fingerprint density at radius 1 is 1.05 bits per heavy atom. The summed E-state index contributed by atoms with van der Waals surface area (Å²) in [6.45, 7) is 3.97. The Kier molecular flexibility index (Phi) is 8.62. The average Bonchev–Trinajstić information content (AvgIpc) is 3.24. The maximum atomic E-state index is 13.5. The second-order valence-electron chi connectivity index (χ2n) is 8.02. The zero-order valence-corrected chi connectivity index (χ0v) is 21.7. The van der Waals surface area contributed by atoms with Crippen molar-refractivity contribution in [3.63, 3.8) is 0 Å². The van der Waals surface area contributed by atoms with Gasteiger partial charge in [-0.2, -0.15) is 0 Å². The molecule has 1 atom stereocenters. The van der Waals surface area contributed by atoms with Crippen LogP contribution < -0.4 is 9.47 Å². The van der Waals surface area contributed by atoms with E-state index in [2.05, 4.69) is 10.2 Å². The van der Waals surface area contributed by atoms with Gasteiger partial charge in [0.05, 0.1) is 6.61 Å². The van der Waals surface area contributed by atoms with Crippen molar-refractivity contribution in [2.24, 2.45) is 0 Å². The number of nitro groups is 1. The monoisotopic (exact) mass is 542 g/mol. The Bertz CT molecular complexity index is 1370. The van der Waals surface area contributed by atoms with Crippen LogP contribution in [-0.2, 0) is 6.61 Å². The van der Waals surface area contributed by atoms with Crippen molar-refractivity contribution in [1.82, 2.24) is 14.8 Å².